The van der Waals surface area contributed by atoms with E-state index in [-0.39, 0.29) is 5.82 Å². The molecule has 21 heavy (non-hydrogen) atoms. The minimum atomic E-state index is -4.71. The van der Waals surface area contributed by atoms with Crippen molar-refractivity contribution < 1.29 is 27.2 Å². The van der Waals surface area contributed by atoms with Gasteiger partial charge < -0.3 is 19.7 Å². The van der Waals surface area contributed by atoms with E-state index >= 15 is 0 Å². The molecule has 0 saturated carbocycles. The van der Waals surface area contributed by atoms with Crippen molar-refractivity contribution in [2.24, 2.45) is 5.73 Å². The largest absolute Gasteiger partial charge is 0.493 e. The Morgan fingerprint density at radius 2 is 1.86 bits per heavy atom. The van der Waals surface area contributed by atoms with E-state index in [4.69, 9.17) is 15.2 Å². The maximum atomic E-state index is 12.4. The molecule has 9 heteroatoms. The summed E-state index contributed by atoms with van der Waals surface area (Å²) < 4.78 is 51.5. The maximum Gasteiger partial charge on any atom is 0.471 e. The fourth-order valence-corrected chi connectivity index (χ4v) is 1.67. The Balaban J connectivity index is 2.31. The lowest BCUT2D eigenvalue weighted by Crippen LogP contribution is -2.14. The normalized spacial score (nSPS) is 13.0. The number of ether oxygens (including phenoxy) is 2. The average molecular weight is 303 g/mol. The van der Waals surface area contributed by atoms with Crippen LogP contribution in [-0.4, -0.2) is 24.4 Å². The Kier molecular flexibility index (Phi) is 4.03. The summed E-state index contributed by atoms with van der Waals surface area (Å²) in [6, 6.07) is 3.71. The molecule has 2 rings (SSSR count). The van der Waals surface area contributed by atoms with Gasteiger partial charge in [0.2, 0.25) is 0 Å². The van der Waals surface area contributed by atoms with E-state index in [1.54, 1.807) is 12.1 Å². The van der Waals surface area contributed by atoms with Crippen molar-refractivity contribution in [2.75, 3.05) is 14.2 Å². The first kappa shape index (κ1) is 15.1. The summed E-state index contributed by atoms with van der Waals surface area (Å²) in [5.41, 5.74) is 6.30. The van der Waals surface area contributed by atoms with Crippen LogP contribution in [0, 0.1) is 0 Å². The molecule has 0 spiro atoms. The highest BCUT2D eigenvalue weighted by Crippen LogP contribution is 2.32. The zero-order valence-corrected chi connectivity index (χ0v) is 11.1. The van der Waals surface area contributed by atoms with Crippen molar-refractivity contribution in [3.63, 3.8) is 0 Å². The fourth-order valence-electron chi connectivity index (χ4n) is 1.67. The van der Waals surface area contributed by atoms with Crippen LogP contribution in [0.25, 0.3) is 0 Å². The molecule has 1 heterocycles. The molecule has 0 aliphatic rings. The van der Waals surface area contributed by atoms with Gasteiger partial charge in [-0.15, -0.1) is 0 Å². The lowest BCUT2D eigenvalue weighted by Gasteiger charge is -2.12. The van der Waals surface area contributed by atoms with Crippen LogP contribution in [0.2, 0.25) is 0 Å². The molecule has 6 nitrogen and oxygen atoms in total. The van der Waals surface area contributed by atoms with Gasteiger partial charge in [0, 0.05) is 0 Å². The van der Waals surface area contributed by atoms with Crippen molar-refractivity contribution in [3.05, 3.63) is 35.5 Å². The number of hydrogen-bond donors (Lipinski definition) is 1. The number of nitrogens with two attached hydrogens (primary N) is 1. The van der Waals surface area contributed by atoms with Gasteiger partial charge in [-0.25, -0.2) is 0 Å². The Bertz CT molecular complexity index is 628. The molecule has 114 valence electrons. The number of rotatable bonds is 4. The molecule has 0 bridgehead atoms. The van der Waals surface area contributed by atoms with Crippen molar-refractivity contribution in [2.45, 2.75) is 12.2 Å². The summed E-state index contributed by atoms with van der Waals surface area (Å²) >= 11 is 0. The molecule has 1 atom stereocenters. The molecular weight excluding hydrogens is 291 g/mol. The fraction of sp³-hybridized carbons (Fsp3) is 0.333. The van der Waals surface area contributed by atoms with Crippen molar-refractivity contribution >= 4 is 0 Å². The number of methoxy groups -OCH3 is 2. The number of halogens is 3. The zero-order valence-electron chi connectivity index (χ0n) is 11.1. The number of nitrogens with zero attached hydrogens (tertiary/aromatic N) is 2. The predicted molar refractivity (Wildman–Crippen MR) is 64.9 cm³/mol. The first-order chi connectivity index (χ1) is 9.86. The van der Waals surface area contributed by atoms with E-state index in [0.29, 0.717) is 17.1 Å². The van der Waals surface area contributed by atoms with Gasteiger partial charge in [-0.3, -0.25) is 0 Å². The highest BCUT2D eigenvalue weighted by molar-refractivity contribution is 5.44. The van der Waals surface area contributed by atoms with E-state index in [9.17, 15) is 13.2 Å². The summed E-state index contributed by atoms with van der Waals surface area (Å²) in [4.78, 5) is 3.26. The SMILES string of the molecule is COc1ccc(C(N)c2noc(C(F)(F)F)n2)cc1OC. The molecule has 0 amide bonds. The standard InChI is InChI=1S/C12H12F3N3O3/c1-19-7-4-3-6(5-8(7)20-2)9(16)10-17-11(21-18-10)12(13,14)15/h3-5,9H,16H2,1-2H3. The van der Waals surface area contributed by atoms with Crippen LogP contribution >= 0.6 is 0 Å². The summed E-state index contributed by atoms with van der Waals surface area (Å²) in [6.07, 6.45) is -4.71. The van der Waals surface area contributed by atoms with Crippen molar-refractivity contribution in [1.82, 2.24) is 10.1 Å². The van der Waals surface area contributed by atoms with Gasteiger partial charge in [0.1, 0.15) is 0 Å². The van der Waals surface area contributed by atoms with Crippen molar-refractivity contribution in [1.29, 1.82) is 0 Å². The molecule has 1 unspecified atom stereocenters. The number of benzene rings is 1. The first-order valence-corrected chi connectivity index (χ1v) is 5.75. The van der Waals surface area contributed by atoms with Crippen LogP contribution in [0.4, 0.5) is 13.2 Å². The third-order valence-electron chi connectivity index (χ3n) is 2.73. The molecule has 0 aliphatic carbocycles. The second kappa shape index (κ2) is 5.60. The minimum Gasteiger partial charge on any atom is -0.493 e. The number of alkyl halides is 3. The summed E-state index contributed by atoms with van der Waals surface area (Å²) in [5, 5.41) is 3.25. The lowest BCUT2D eigenvalue weighted by molar-refractivity contribution is -0.159. The highest BCUT2D eigenvalue weighted by atomic mass is 19.4. The van der Waals surface area contributed by atoms with E-state index in [1.165, 1.54) is 20.3 Å². The monoisotopic (exact) mass is 303 g/mol. The Morgan fingerprint density at radius 3 is 2.38 bits per heavy atom. The third kappa shape index (κ3) is 3.07. The second-order valence-corrected chi connectivity index (χ2v) is 4.05. The molecule has 0 fully saturated rings. The molecule has 0 aliphatic heterocycles. The van der Waals surface area contributed by atoms with Gasteiger partial charge in [-0.1, -0.05) is 11.2 Å². The predicted octanol–water partition coefficient (Wildman–Crippen LogP) is 2.15. The first-order valence-electron chi connectivity index (χ1n) is 5.75. The Labute approximate surface area is 117 Å². The van der Waals surface area contributed by atoms with E-state index in [1.807, 2.05) is 0 Å². The second-order valence-electron chi connectivity index (χ2n) is 4.05. The van der Waals surface area contributed by atoms with Gasteiger partial charge >= 0.3 is 12.1 Å². The van der Waals surface area contributed by atoms with Gasteiger partial charge in [-0.05, 0) is 17.7 Å². The van der Waals surface area contributed by atoms with Gasteiger partial charge in [-0.2, -0.15) is 18.2 Å². The average Bonchev–Trinajstić information content (AvgIpc) is 2.95. The smallest absolute Gasteiger partial charge is 0.471 e. The van der Waals surface area contributed by atoms with Crippen LogP contribution < -0.4 is 15.2 Å². The minimum absolute atomic E-state index is 0.269. The van der Waals surface area contributed by atoms with Gasteiger partial charge in [0.15, 0.2) is 17.3 Å². The van der Waals surface area contributed by atoms with E-state index in [2.05, 4.69) is 14.7 Å². The molecule has 0 radical (unpaired) electrons. The highest BCUT2D eigenvalue weighted by Gasteiger charge is 2.39. The number of hydrogen-bond acceptors (Lipinski definition) is 6. The summed E-state index contributed by atoms with van der Waals surface area (Å²) in [5.74, 6) is -0.842. The molecule has 1 aromatic carbocycles. The molecule has 0 saturated heterocycles. The van der Waals surface area contributed by atoms with Crippen LogP contribution in [0.5, 0.6) is 11.5 Å². The zero-order chi connectivity index (χ0) is 15.6. The third-order valence-corrected chi connectivity index (χ3v) is 2.73. The van der Waals surface area contributed by atoms with Crippen LogP contribution in [0.3, 0.4) is 0 Å². The van der Waals surface area contributed by atoms with Crippen molar-refractivity contribution in [3.8, 4) is 11.5 Å². The molecule has 2 N–H and O–H groups in total. The Morgan fingerprint density at radius 1 is 1.19 bits per heavy atom. The molecule has 2 aromatic rings. The van der Waals surface area contributed by atoms with E-state index < -0.39 is 18.1 Å². The lowest BCUT2D eigenvalue weighted by atomic mass is 10.1. The summed E-state index contributed by atoms with van der Waals surface area (Å²) in [7, 11) is 2.90. The van der Waals surface area contributed by atoms with E-state index in [0.717, 1.165) is 0 Å². The molecule has 1 aromatic heterocycles. The number of aromatic nitrogens is 2. The maximum absolute atomic E-state index is 12.4. The topological polar surface area (TPSA) is 83.4 Å². The molecular formula is C12H12F3N3O3. The van der Waals surface area contributed by atoms with Gasteiger partial charge in [0.05, 0.1) is 20.3 Å². The summed E-state index contributed by atoms with van der Waals surface area (Å²) in [6.45, 7) is 0. The van der Waals surface area contributed by atoms with Crippen LogP contribution in [0.1, 0.15) is 23.3 Å². The quantitative estimate of drug-likeness (QED) is 0.931. The van der Waals surface area contributed by atoms with Gasteiger partial charge in [0.25, 0.3) is 0 Å². The van der Waals surface area contributed by atoms with Crippen LogP contribution in [0.15, 0.2) is 22.7 Å². The Hall–Kier alpha value is -2.29. The van der Waals surface area contributed by atoms with Crippen LogP contribution in [-0.2, 0) is 6.18 Å².